The first-order valence-corrected chi connectivity index (χ1v) is 16.2. The van der Waals surface area contributed by atoms with Gasteiger partial charge in [-0.2, -0.15) is 13.2 Å². The van der Waals surface area contributed by atoms with E-state index < -0.39 is 18.6 Å². The van der Waals surface area contributed by atoms with Crippen LogP contribution in [0.1, 0.15) is 77.8 Å². The second kappa shape index (κ2) is 13.8. The molecule has 13 heteroatoms. The number of ether oxygens (including phenoxy) is 1. The van der Waals surface area contributed by atoms with E-state index >= 15 is 0 Å². The number of piperidine rings is 2. The maximum Gasteiger partial charge on any atom is 0.401 e. The number of hydrogen-bond acceptors (Lipinski definition) is 8. The molecular formula is C34H40F3N7O3. The first-order chi connectivity index (χ1) is 22.5. The number of nitrogens with two attached hydrogens (primary N) is 1. The van der Waals surface area contributed by atoms with Gasteiger partial charge >= 0.3 is 6.18 Å². The second-order valence-corrected chi connectivity index (χ2v) is 12.7. The van der Waals surface area contributed by atoms with Gasteiger partial charge in [-0.1, -0.05) is 12.1 Å². The van der Waals surface area contributed by atoms with Crippen molar-refractivity contribution in [3.63, 3.8) is 0 Å². The summed E-state index contributed by atoms with van der Waals surface area (Å²) in [5, 5.41) is 6.35. The molecule has 1 saturated carbocycles. The number of nitrogens with zero attached hydrogens (tertiary/aromatic N) is 4. The standard InChI is InChI=1S/C34H40F3N7O3/c1-21-28(41-33(46)24-8-6-23(7-9-24)22-4-5-22)3-2-16-44(21)29-19-39-30(31(38)45)32(42-29)40-25-10-12-26(13-11-25)47-27-14-17-43(18-15-27)20-34(35,36)37/h6-13,19,21-22,27-28H,2-5,14-18,20H2,1H3,(H2,38,45)(H,40,42)(H,41,46)/t21-,28-/m1/s1. The lowest BCUT2D eigenvalue weighted by Crippen LogP contribution is -2.54. The Hall–Kier alpha value is -4.39. The fourth-order valence-corrected chi connectivity index (χ4v) is 6.41. The van der Waals surface area contributed by atoms with Crippen LogP contribution in [0.5, 0.6) is 5.75 Å². The number of amides is 2. The quantitative estimate of drug-likeness (QED) is 0.267. The average molecular weight is 652 g/mol. The Morgan fingerprint density at radius 2 is 1.68 bits per heavy atom. The molecule has 47 heavy (non-hydrogen) atoms. The number of halogens is 3. The minimum atomic E-state index is -4.21. The van der Waals surface area contributed by atoms with Crippen molar-refractivity contribution in [2.24, 2.45) is 5.73 Å². The zero-order valence-electron chi connectivity index (χ0n) is 26.3. The largest absolute Gasteiger partial charge is 0.490 e. The van der Waals surface area contributed by atoms with Crippen LogP contribution in [-0.4, -0.2) is 77.2 Å². The molecule has 4 N–H and O–H groups in total. The average Bonchev–Trinajstić information content (AvgIpc) is 3.89. The predicted molar refractivity (Wildman–Crippen MR) is 172 cm³/mol. The Bertz CT molecular complexity index is 1560. The van der Waals surface area contributed by atoms with Gasteiger partial charge in [0.1, 0.15) is 17.7 Å². The van der Waals surface area contributed by atoms with Crippen molar-refractivity contribution in [3.8, 4) is 5.75 Å². The smallest absolute Gasteiger partial charge is 0.401 e. The van der Waals surface area contributed by atoms with Crippen molar-refractivity contribution < 1.29 is 27.5 Å². The summed E-state index contributed by atoms with van der Waals surface area (Å²) in [6.45, 7) is 2.49. The van der Waals surface area contributed by atoms with E-state index in [9.17, 15) is 22.8 Å². The van der Waals surface area contributed by atoms with Crippen molar-refractivity contribution in [2.75, 3.05) is 36.4 Å². The lowest BCUT2D eigenvalue weighted by molar-refractivity contribution is -0.149. The number of carbonyl (C=O) groups excluding carboxylic acids is 2. The molecule has 2 amide bonds. The summed E-state index contributed by atoms with van der Waals surface area (Å²) in [5.41, 5.74) is 8.16. The Morgan fingerprint density at radius 3 is 2.32 bits per heavy atom. The highest BCUT2D eigenvalue weighted by Gasteiger charge is 2.33. The molecular weight excluding hydrogens is 611 g/mol. The molecule has 1 aliphatic carbocycles. The first-order valence-electron chi connectivity index (χ1n) is 16.2. The maximum absolute atomic E-state index is 13.1. The van der Waals surface area contributed by atoms with Gasteiger partial charge in [0.05, 0.1) is 12.7 Å². The zero-order chi connectivity index (χ0) is 33.1. The van der Waals surface area contributed by atoms with Gasteiger partial charge in [-0.15, -0.1) is 0 Å². The van der Waals surface area contributed by atoms with Crippen LogP contribution < -0.4 is 26.0 Å². The number of nitrogens with one attached hydrogen (secondary N) is 2. The molecule has 2 saturated heterocycles. The molecule has 2 aliphatic heterocycles. The first kappa shape index (κ1) is 32.5. The molecule has 3 aromatic rings. The van der Waals surface area contributed by atoms with Crippen molar-refractivity contribution in [1.29, 1.82) is 0 Å². The molecule has 0 spiro atoms. The number of carbonyl (C=O) groups is 2. The number of primary amides is 1. The molecule has 6 rings (SSSR count). The van der Waals surface area contributed by atoms with Crippen molar-refractivity contribution in [1.82, 2.24) is 20.2 Å². The second-order valence-electron chi connectivity index (χ2n) is 12.7. The number of alkyl halides is 3. The van der Waals surface area contributed by atoms with Crippen LogP contribution in [0.4, 0.5) is 30.5 Å². The summed E-state index contributed by atoms with van der Waals surface area (Å²) in [4.78, 5) is 37.9. The van der Waals surface area contributed by atoms with Gasteiger partial charge in [0, 0.05) is 43.0 Å². The molecule has 1 aromatic heterocycles. The summed E-state index contributed by atoms with van der Waals surface area (Å²) < 4.78 is 44.1. The minimum absolute atomic E-state index is 0.0103. The maximum atomic E-state index is 13.1. The third-order valence-corrected chi connectivity index (χ3v) is 9.17. The summed E-state index contributed by atoms with van der Waals surface area (Å²) >= 11 is 0. The SMILES string of the molecule is C[C@@H]1[C@H](NC(=O)c2ccc(C3CC3)cc2)CCCN1c1cnc(C(N)=O)c(Nc2ccc(OC3CCN(CC(F)(F)F)CC3)cc2)n1. The lowest BCUT2D eigenvalue weighted by Gasteiger charge is -2.40. The monoisotopic (exact) mass is 651 g/mol. The van der Waals surface area contributed by atoms with E-state index in [4.69, 9.17) is 15.5 Å². The van der Waals surface area contributed by atoms with Crippen molar-refractivity contribution in [3.05, 3.63) is 71.5 Å². The zero-order valence-corrected chi connectivity index (χ0v) is 26.3. The van der Waals surface area contributed by atoms with Gasteiger partial charge < -0.3 is 26.0 Å². The molecule has 2 atom stereocenters. The van der Waals surface area contributed by atoms with Gasteiger partial charge in [-0.05, 0) is 93.3 Å². The van der Waals surface area contributed by atoms with Gasteiger partial charge in [0.15, 0.2) is 11.5 Å². The van der Waals surface area contributed by atoms with E-state index in [1.165, 1.54) is 29.5 Å². The van der Waals surface area contributed by atoms with E-state index in [1.807, 2.05) is 31.2 Å². The normalized spacial score (nSPS) is 20.9. The molecule has 0 bridgehead atoms. The van der Waals surface area contributed by atoms with E-state index in [0.29, 0.717) is 61.2 Å². The molecule has 3 fully saturated rings. The summed E-state index contributed by atoms with van der Waals surface area (Å²) in [6.07, 6.45) is 2.25. The van der Waals surface area contributed by atoms with Crippen LogP contribution in [0.25, 0.3) is 0 Å². The van der Waals surface area contributed by atoms with Gasteiger partial charge in [0.2, 0.25) is 0 Å². The predicted octanol–water partition coefficient (Wildman–Crippen LogP) is 5.39. The van der Waals surface area contributed by atoms with Gasteiger partial charge in [-0.25, -0.2) is 9.97 Å². The molecule has 250 valence electrons. The summed E-state index contributed by atoms with van der Waals surface area (Å²) in [5.74, 6) is 1.14. The Labute approximate surface area is 271 Å². The van der Waals surface area contributed by atoms with E-state index in [1.54, 1.807) is 24.3 Å². The summed E-state index contributed by atoms with van der Waals surface area (Å²) in [7, 11) is 0. The molecule has 3 aliphatic rings. The molecule has 2 aromatic carbocycles. The van der Waals surface area contributed by atoms with Crippen LogP contribution in [-0.2, 0) is 0 Å². The number of likely N-dealkylation sites (tertiary alicyclic amines) is 1. The fourth-order valence-electron chi connectivity index (χ4n) is 6.41. The Kier molecular flexibility index (Phi) is 9.53. The Morgan fingerprint density at radius 1 is 0.979 bits per heavy atom. The van der Waals surface area contributed by atoms with Gasteiger partial charge in [0.25, 0.3) is 11.8 Å². The fraction of sp³-hybridized carbons (Fsp3) is 0.471. The summed E-state index contributed by atoms with van der Waals surface area (Å²) in [6, 6.07) is 14.7. The third kappa shape index (κ3) is 8.31. The van der Waals surface area contributed by atoms with Crippen LogP contribution in [0.2, 0.25) is 0 Å². The highest BCUT2D eigenvalue weighted by atomic mass is 19.4. The number of aromatic nitrogens is 2. The lowest BCUT2D eigenvalue weighted by atomic mass is 9.97. The molecule has 3 heterocycles. The third-order valence-electron chi connectivity index (χ3n) is 9.17. The van der Waals surface area contributed by atoms with Crippen LogP contribution in [0.3, 0.4) is 0 Å². The number of anilines is 3. The van der Waals surface area contributed by atoms with Gasteiger partial charge in [-0.3, -0.25) is 14.5 Å². The molecule has 10 nitrogen and oxygen atoms in total. The number of rotatable bonds is 10. The van der Waals surface area contributed by atoms with Crippen molar-refractivity contribution >= 4 is 29.1 Å². The topological polar surface area (TPSA) is 126 Å². The van der Waals surface area contributed by atoms with E-state index in [-0.39, 0.29) is 35.6 Å². The van der Waals surface area contributed by atoms with Crippen LogP contribution in [0.15, 0.2) is 54.7 Å². The number of benzene rings is 2. The Balaban J connectivity index is 1.08. The van der Waals surface area contributed by atoms with Crippen molar-refractivity contribution in [2.45, 2.75) is 75.7 Å². The molecule has 0 radical (unpaired) electrons. The highest BCUT2D eigenvalue weighted by molar-refractivity contribution is 5.96. The molecule has 0 unspecified atom stereocenters. The van der Waals surface area contributed by atoms with Crippen LogP contribution >= 0.6 is 0 Å². The van der Waals surface area contributed by atoms with E-state index in [2.05, 4.69) is 20.5 Å². The minimum Gasteiger partial charge on any atom is -0.490 e. The van der Waals surface area contributed by atoms with E-state index in [0.717, 1.165) is 12.8 Å². The number of hydrogen-bond donors (Lipinski definition) is 3. The highest BCUT2D eigenvalue weighted by Crippen LogP contribution is 2.40. The van der Waals surface area contributed by atoms with Crippen LogP contribution in [0, 0.1) is 0 Å².